The Balaban J connectivity index is 2.08. The van der Waals surface area contributed by atoms with Gasteiger partial charge in [-0.1, -0.05) is 15.9 Å². The fraction of sp³-hybridized carbons (Fsp3) is 0.462. The molecule has 0 atom stereocenters. The molecule has 0 aromatic heterocycles. The van der Waals surface area contributed by atoms with Gasteiger partial charge in [0, 0.05) is 16.6 Å². The van der Waals surface area contributed by atoms with Crippen molar-refractivity contribution < 1.29 is 18.0 Å². The van der Waals surface area contributed by atoms with Crippen molar-refractivity contribution in [2.45, 2.75) is 25.4 Å². The van der Waals surface area contributed by atoms with Crippen molar-refractivity contribution in [3.8, 4) is 0 Å². The normalized spacial score (nSPS) is 16.9. The molecule has 0 bridgehead atoms. The van der Waals surface area contributed by atoms with Crippen molar-refractivity contribution in [2.75, 3.05) is 11.1 Å². The maximum Gasteiger partial charge on any atom is 0.417 e. The molecule has 2 nitrogen and oxygen atoms in total. The Morgan fingerprint density at radius 2 is 2.05 bits per heavy atom. The fourth-order valence-corrected chi connectivity index (χ4v) is 2.83. The quantitative estimate of drug-likeness (QED) is 0.753. The van der Waals surface area contributed by atoms with E-state index in [1.54, 1.807) is 0 Å². The predicted octanol–water partition coefficient (Wildman–Crippen LogP) is 4.51. The first-order valence-corrected chi connectivity index (χ1v) is 7.46. The first-order chi connectivity index (χ1) is 9.26. The van der Waals surface area contributed by atoms with E-state index in [9.17, 15) is 18.0 Å². The Morgan fingerprint density at radius 3 is 2.55 bits per heavy atom. The average molecular weight is 368 g/mol. The molecule has 2 rings (SSSR count). The van der Waals surface area contributed by atoms with E-state index in [4.69, 9.17) is 0 Å². The summed E-state index contributed by atoms with van der Waals surface area (Å²) in [6, 6.07) is 3.66. The van der Waals surface area contributed by atoms with Gasteiger partial charge in [-0.2, -0.15) is 25.8 Å². The number of hydrogen-bond donors (Lipinski definition) is 2. The summed E-state index contributed by atoms with van der Waals surface area (Å²) in [6.07, 6.45) is -2.27. The molecule has 1 aliphatic rings. The smallest absolute Gasteiger partial charge is 0.326 e. The lowest BCUT2D eigenvalue weighted by molar-refractivity contribution is -0.138. The van der Waals surface area contributed by atoms with Crippen LogP contribution >= 0.6 is 28.6 Å². The monoisotopic (exact) mass is 367 g/mol. The van der Waals surface area contributed by atoms with Gasteiger partial charge in [-0.05, 0) is 42.2 Å². The summed E-state index contributed by atoms with van der Waals surface area (Å²) in [6.45, 7) is 0. The summed E-state index contributed by atoms with van der Waals surface area (Å²) >= 11 is 7.06. The molecule has 110 valence electrons. The highest BCUT2D eigenvalue weighted by Gasteiger charge is 2.43. The Labute approximate surface area is 128 Å². The zero-order chi connectivity index (χ0) is 15.0. The molecule has 20 heavy (non-hydrogen) atoms. The van der Waals surface area contributed by atoms with Crippen molar-refractivity contribution >= 4 is 40.2 Å². The first-order valence-electron chi connectivity index (χ1n) is 6.03. The van der Waals surface area contributed by atoms with E-state index < -0.39 is 11.7 Å². The van der Waals surface area contributed by atoms with Gasteiger partial charge in [0.1, 0.15) is 0 Å². The van der Waals surface area contributed by atoms with E-state index >= 15 is 0 Å². The molecule has 1 N–H and O–H groups in total. The van der Waals surface area contributed by atoms with Gasteiger partial charge >= 0.3 is 6.18 Å². The fourth-order valence-electron chi connectivity index (χ4n) is 1.93. The van der Waals surface area contributed by atoms with Crippen LogP contribution in [0.1, 0.15) is 24.8 Å². The second-order valence-electron chi connectivity index (χ2n) is 5.08. The molecular weight excluding hydrogens is 355 g/mol. The Hall–Kier alpha value is -0.690. The number of benzene rings is 1. The van der Waals surface area contributed by atoms with Crippen LogP contribution in [0.2, 0.25) is 0 Å². The minimum atomic E-state index is -4.46. The summed E-state index contributed by atoms with van der Waals surface area (Å²) in [7, 11) is 0. The second kappa shape index (κ2) is 5.60. The van der Waals surface area contributed by atoms with Crippen LogP contribution in [0.15, 0.2) is 22.7 Å². The maximum atomic E-state index is 12.7. The highest BCUT2D eigenvalue weighted by atomic mass is 79.9. The van der Waals surface area contributed by atoms with Crippen molar-refractivity contribution in [2.24, 2.45) is 5.41 Å². The van der Waals surface area contributed by atoms with E-state index in [0.29, 0.717) is 12.2 Å². The number of anilines is 1. The topological polar surface area (TPSA) is 29.1 Å². The number of hydrogen-bond acceptors (Lipinski definition) is 2. The van der Waals surface area contributed by atoms with E-state index in [1.165, 1.54) is 12.1 Å². The number of rotatable bonds is 4. The van der Waals surface area contributed by atoms with Gasteiger partial charge in [-0.25, -0.2) is 0 Å². The van der Waals surface area contributed by atoms with Crippen molar-refractivity contribution in [3.63, 3.8) is 0 Å². The Morgan fingerprint density at radius 1 is 1.40 bits per heavy atom. The summed E-state index contributed by atoms with van der Waals surface area (Å²) in [5.41, 5.74) is -0.707. The summed E-state index contributed by atoms with van der Waals surface area (Å²) in [5.74, 6) is 0.348. The third kappa shape index (κ3) is 3.69. The molecule has 1 saturated carbocycles. The van der Waals surface area contributed by atoms with Crippen LogP contribution in [-0.4, -0.2) is 11.7 Å². The minimum Gasteiger partial charge on any atom is -0.326 e. The molecule has 1 aromatic carbocycles. The molecule has 0 unspecified atom stereocenters. The van der Waals surface area contributed by atoms with Gasteiger partial charge in [-0.3, -0.25) is 4.79 Å². The molecule has 0 radical (unpaired) electrons. The van der Waals surface area contributed by atoms with Gasteiger partial charge < -0.3 is 5.32 Å². The van der Waals surface area contributed by atoms with E-state index in [1.807, 2.05) is 0 Å². The summed E-state index contributed by atoms with van der Waals surface area (Å²) < 4.78 is 38.2. The first kappa shape index (κ1) is 15.7. The number of carbonyl (C=O) groups is 1. The van der Waals surface area contributed by atoms with Gasteiger partial charge in [-0.15, -0.1) is 0 Å². The van der Waals surface area contributed by atoms with Crippen LogP contribution in [0.4, 0.5) is 18.9 Å². The molecule has 0 spiro atoms. The van der Waals surface area contributed by atoms with Crippen molar-refractivity contribution in [1.29, 1.82) is 0 Å². The average Bonchev–Trinajstić information content (AvgIpc) is 3.10. The van der Waals surface area contributed by atoms with Crippen LogP contribution in [0.3, 0.4) is 0 Å². The lowest BCUT2D eigenvalue weighted by Gasteiger charge is -2.14. The van der Waals surface area contributed by atoms with Gasteiger partial charge in [0.05, 0.1) is 5.56 Å². The van der Waals surface area contributed by atoms with E-state index in [0.717, 1.165) is 18.9 Å². The molecule has 0 heterocycles. The molecule has 7 heteroatoms. The van der Waals surface area contributed by atoms with Gasteiger partial charge in [0.25, 0.3) is 0 Å². The van der Waals surface area contributed by atoms with E-state index in [-0.39, 0.29) is 21.5 Å². The molecule has 1 aliphatic carbocycles. The standard InChI is InChI=1S/C13H13BrF3NOS/c14-10-2-1-8(5-9(10)13(15,16)17)18-11(19)6-12(7-20)3-4-12/h1-2,5,20H,3-4,6-7H2,(H,18,19). The number of thiol groups is 1. The molecule has 1 amide bonds. The van der Waals surface area contributed by atoms with E-state index in [2.05, 4.69) is 33.9 Å². The number of nitrogens with one attached hydrogen (secondary N) is 1. The van der Waals surface area contributed by atoms with Crippen LogP contribution in [0.25, 0.3) is 0 Å². The molecule has 1 aromatic rings. The third-order valence-corrected chi connectivity index (χ3v) is 4.75. The van der Waals surface area contributed by atoms with Crippen LogP contribution in [-0.2, 0) is 11.0 Å². The van der Waals surface area contributed by atoms with Crippen molar-refractivity contribution in [1.82, 2.24) is 0 Å². The van der Waals surface area contributed by atoms with Gasteiger partial charge in [0.15, 0.2) is 0 Å². The molecule has 1 fully saturated rings. The highest BCUT2D eigenvalue weighted by Crippen LogP contribution is 2.49. The zero-order valence-corrected chi connectivity index (χ0v) is 12.9. The predicted molar refractivity (Wildman–Crippen MR) is 77.9 cm³/mol. The Bertz CT molecular complexity index is 529. The Kier molecular flexibility index (Phi) is 4.39. The van der Waals surface area contributed by atoms with Gasteiger partial charge in [0.2, 0.25) is 5.91 Å². The number of amides is 1. The lowest BCUT2D eigenvalue weighted by Crippen LogP contribution is -2.18. The zero-order valence-electron chi connectivity index (χ0n) is 10.4. The third-order valence-electron chi connectivity index (χ3n) is 3.38. The minimum absolute atomic E-state index is 0.0444. The molecule has 0 aliphatic heterocycles. The molecular formula is C13H13BrF3NOS. The van der Waals surface area contributed by atoms with Crippen LogP contribution in [0.5, 0.6) is 0 Å². The molecule has 0 saturated heterocycles. The lowest BCUT2D eigenvalue weighted by atomic mass is 10.0. The largest absolute Gasteiger partial charge is 0.417 e. The summed E-state index contributed by atoms with van der Waals surface area (Å²) in [5, 5.41) is 2.52. The maximum absolute atomic E-state index is 12.7. The van der Waals surface area contributed by atoms with Crippen molar-refractivity contribution in [3.05, 3.63) is 28.2 Å². The number of carbonyl (C=O) groups excluding carboxylic acids is 1. The summed E-state index contributed by atoms with van der Waals surface area (Å²) in [4.78, 5) is 11.8. The SMILES string of the molecule is O=C(CC1(CS)CC1)Nc1ccc(Br)c(C(F)(F)F)c1. The highest BCUT2D eigenvalue weighted by molar-refractivity contribution is 9.10. The van der Waals surface area contributed by atoms with Crippen LogP contribution < -0.4 is 5.32 Å². The number of alkyl halides is 3. The number of halogens is 4. The van der Waals surface area contributed by atoms with Crippen LogP contribution in [0, 0.1) is 5.41 Å². The second-order valence-corrected chi connectivity index (χ2v) is 6.25.